The normalized spacial score (nSPS) is 17.1. The van der Waals surface area contributed by atoms with Crippen molar-refractivity contribution in [3.8, 4) is 0 Å². The van der Waals surface area contributed by atoms with Crippen molar-refractivity contribution in [1.29, 1.82) is 0 Å². The molecule has 0 bridgehead atoms. The second-order valence-electron chi connectivity index (χ2n) is 5.50. The zero-order valence-corrected chi connectivity index (χ0v) is 12.9. The van der Waals surface area contributed by atoms with E-state index in [4.69, 9.17) is 4.74 Å². The molecule has 0 fully saturated rings. The van der Waals surface area contributed by atoms with Crippen LogP contribution in [0, 0.1) is 6.92 Å². The number of amides is 1. The van der Waals surface area contributed by atoms with Crippen LogP contribution in [0.25, 0.3) is 0 Å². The van der Waals surface area contributed by atoms with Gasteiger partial charge in [-0.05, 0) is 24.6 Å². The molecular formula is C18H20N2O2. The van der Waals surface area contributed by atoms with Crippen molar-refractivity contribution in [3.05, 3.63) is 65.2 Å². The highest BCUT2D eigenvalue weighted by Gasteiger charge is 2.32. The lowest BCUT2D eigenvalue weighted by atomic mass is 10.0. The third kappa shape index (κ3) is 2.70. The summed E-state index contributed by atoms with van der Waals surface area (Å²) < 4.78 is 5.17. The number of anilines is 1. The van der Waals surface area contributed by atoms with Gasteiger partial charge in [0.15, 0.2) is 0 Å². The second kappa shape index (κ2) is 6.20. The fraction of sp³-hybridized carbons (Fsp3) is 0.278. The van der Waals surface area contributed by atoms with Gasteiger partial charge in [-0.15, -0.1) is 0 Å². The van der Waals surface area contributed by atoms with Crippen LogP contribution >= 0.6 is 0 Å². The highest BCUT2D eigenvalue weighted by atomic mass is 16.5. The topological polar surface area (TPSA) is 41.6 Å². The molecule has 0 saturated heterocycles. The zero-order chi connectivity index (χ0) is 15.5. The van der Waals surface area contributed by atoms with E-state index in [0.717, 1.165) is 11.3 Å². The number of nitrogens with one attached hydrogen (secondary N) is 1. The summed E-state index contributed by atoms with van der Waals surface area (Å²) in [6.45, 7) is 3.12. The van der Waals surface area contributed by atoms with Gasteiger partial charge in [-0.25, -0.2) is 0 Å². The second-order valence-corrected chi connectivity index (χ2v) is 5.50. The molecule has 1 aliphatic rings. The molecule has 3 rings (SSSR count). The number of methoxy groups -OCH3 is 1. The number of para-hydroxylation sites is 1. The first-order valence-electron chi connectivity index (χ1n) is 7.43. The quantitative estimate of drug-likeness (QED) is 0.942. The van der Waals surface area contributed by atoms with E-state index in [-0.39, 0.29) is 12.1 Å². The third-order valence-corrected chi connectivity index (χ3v) is 3.92. The maximum Gasteiger partial charge on any atom is 0.257 e. The van der Waals surface area contributed by atoms with E-state index in [0.29, 0.717) is 18.7 Å². The Kier molecular flexibility index (Phi) is 4.11. The molecule has 0 radical (unpaired) electrons. The molecule has 1 aliphatic heterocycles. The Labute approximate surface area is 130 Å². The molecule has 4 nitrogen and oxygen atoms in total. The van der Waals surface area contributed by atoms with Crippen LogP contribution in [0.5, 0.6) is 0 Å². The van der Waals surface area contributed by atoms with E-state index in [9.17, 15) is 4.79 Å². The van der Waals surface area contributed by atoms with Crippen molar-refractivity contribution in [1.82, 2.24) is 4.90 Å². The summed E-state index contributed by atoms with van der Waals surface area (Å²) in [5, 5.41) is 3.48. The molecule has 0 aliphatic carbocycles. The Bertz CT molecular complexity index is 684. The minimum absolute atomic E-state index is 0.0397. The number of benzene rings is 2. The van der Waals surface area contributed by atoms with Crippen molar-refractivity contribution in [2.24, 2.45) is 0 Å². The van der Waals surface area contributed by atoms with Gasteiger partial charge in [0.2, 0.25) is 0 Å². The molecule has 1 heterocycles. The van der Waals surface area contributed by atoms with Gasteiger partial charge in [0.25, 0.3) is 5.91 Å². The number of carbonyl (C=O) groups is 1. The fourth-order valence-electron chi connectivity index (χ4n) is 2.82. The van der Waals surface area contributed by atoms with Gasteiger partial charge in [0.05, 0.1) is 12.2 Å². The Morgan fingerprint density at radius 2 is 2.00 bits per heavy atom. The van der Waals surface area contributed by atoms with Gasteiger partial charge < -0.3 is 15.0 Å². The van der Waals surface area contributed by atoms with Crippen molar-refractivity contribution in [2.75, 3.05) is 25.6 Å². The lowest BCUT2D eigenvalue weighted by Gasteiger charge is -2.38. The maximum atomic E-state index is 12.8. The molecule has 2 aromatic rings. The lowest BCUT2D eigenvalue weighted by molar-refractivity contribution is 0.0609. The summed E-state index contributed by atoms with van der Waals surface area (Å²) in [6, 6.07) is 15.9. The number of hydrogen-bond acceptors (Lipinski definition) is 3. The summed E-state index contributed by atoms with van der Waals surface area (Å²) in [6.07, 6.45) is -0.169. The summed E-state index contributed by atoms with van der Waals surface area (Å²) in [5.74, 6) is 0.0397. The smallest absolute Gasteiger partial charge is 0.257 e. The molecular weight excluding hydrogens is 276 g/mol. The average Bonchev–Trinajstić information content (AvgIpc) is 2.54. The van der Waals surface area contributed by atoms with Crippen LogP contribution in [0.4, 0.5) is 5.69 Å². The van der Waals surface area contributed by atoms with Crippen LogP contribution in [0.15, 0.2) is 48.5 Å². The van der Waals surface area contributed by atoms with Crippen LogP contribution in [-0.4, -0.2) is 31.1 Å². The van der Waals surface area contributed by atoms with E-state index in [2.05, 4.69) is 24.4 Å². The SMILES string of the molecule is COCCN1C(=O)c2ccccc2N[C@@H]1c1cccc(C)c1. The Balaban J connectivity index is 2.01. The maximum absolute atomic E-state index is 12.8. The molecule has 114 valence electrons. The molecule has 0 saturated carbocycles. The molecule has 0 spiro atoms. The van der Waals surface area contributed by atoms with Gasteiger partial charge in [-0.2, -0.15) is 0 Å². The summed E-state index contributed by atoms with van der Waals surface area (Å²) in [7, 11) is 1.65. The number of nitrogens with zero attached hydrogens (tertiary/aromatic N) is 1. The number of fused-ring (bicyclic) bond motifs is 1. The van der Waals surface area contributed by atoms with E-state index >= 15 is 0 Å². The summed E-state index contributed by atoms with van der Waals surface area (Å²) >= 11 is 0. The first-order valence-corrected chi connectivity index (χ1v) is 7.43. The first kappa shape index (κ1) is 14.6. The Hall–Kier alpha value is -2.33. The van der Waals surface area contributed by atoms with E-state index < -0.39 is 0 Å². The van der Waals surface area contributed by atoms with E-state index in [1.807, 2.05) is 41.3 Å². The van der Waals surface area contributed by atoms with Gasteiger partial charge in [0, 0.05) is 19.3 Å². The number of carbonyl (C=O) groups excluding carboxylic acids is 1. The van der Waals surface area contributed by atoms with Gasteiger partial charge in [-0.3, -0.25) is 4.79 Å². The minimum Gasteiger partial charge on any atom is -0.383 e. The summed E-state index contributed by atoms with van der Waals surface area (Å²) in [4.78, 5) is 14.7. The molecule has 2 aromatic carbocycles. The molecule has 0 unspecified atom stereocenters. The predicted octanol–water partition coefficient (Wildman–Crippen LogP) is 3.21. The molecule has 4 heteroatoms. The van der Waals surface area contributed by atoms with Crippen molar-refractivity contribution < 1.29 is 9.53 Å². The molecule has 22 heavy (non-hydrogen) atoms. The van der Waals surface area contributed by atoms with Crippen LogP contribution in [-0.2, 0) is 4.74 Å². The van der Waals surface area contributed by atoms with Crippen molar-refractivity contribution in [3.63, 3.8) is 0 Å². The largest absolute Gasteiger partial charge is 0.383 e. The van der Waals surface area contributed by atoms with Gasteiger partial charge in [0.1, 0.15) is 6.17 Å². The molecule has 1 atom stereocenters. The molecule has 1 amide bonds. The molecule has 1 N–H and O–H groups in total. The van der Waals surface area contributed by atoms with E-state index in [1.165, 1.54) is 5.56 Å². The zero-order valence-electron chi connectivity index (χ0n) is 12.9. The van der Waals surface area contributed by atoms with Crippen LogP contribution in [0.3, 0.4) is 0 Å². The van der Waals surface area contributed by atoms with Gasteiger partial charge >= 0.3 is 0 Å². The number of ether oxygens (including phenoxy) is 1. The number of rotatable bonds is 4. The van der Waals surface area contributed by atoms with E-state index in [1.54, 1.807) is 7.11 Å². The Morgan fingerprint density at radius 3 is 2.77 bits per heavy atom. The minimum atomic E-state index is -0.169. The van der Waals surface area contributed by atoms with Crippen LogP contribution in [0.1, 0.15) is 27.7 Å². The lowest BCUT2D eigenvalue weighted by Crippen LogP contribution is -2.44. The fourth-order valence-corrected chi connectivity index (χ4v) is 2.82. The van der Waals surface area contributed by atoms with Gasteiger partial charge in [-0.1, -0.05) is 42.0 Å². The van der Waals surface area contributed by atoms with Crippen LogP contribution < -0.4 is 5.32 Å². The first-order chi connectivity index (χ1) is 10.7. The third-order valence-electron chi connectivity index (χ3n) is 3.92. The molecule has 0 aromatic heterocycles. The predicted molar refractivity (Wildman–Crippen MR) is 86.9 cm³/mol. The van der Waals surface area contributed by atoms with Crippen molar-refractivity contribution >= 4 is 11.6 Å². The number of aryl methyl sites for hydroxylation is 1. The number of hydrogen-bond donors (Lipinski definition) is 1. The average molecular weight is 296 g/mol. The Morgan fingerprint density at radius 1 is 1.18 bits per heavy atom. The summed E-state index contributed by atoms with van der Waals surface area (Å²) in [5.41, 5.74) is 3.85. The highest BCUT2D eigenvalue weighted by molar-refractivity contribution is 6.01. The standard InChI is InChI=1S/C18H20N2O2/c1-13-6-5-7-14(12-13)17-19-16-9-4-3-8-15(16)18(21)20(17)10-11-22-2/h3-9,12,17,19H,10-11H2,1-2H3/t17-/m0/s1. The van der Waals surface area contributed by atoms with Crippen molar-refractivity contribution in [2.45, 2.75) is 13.1 Å². The van der Waals surface area contributed by atoms with Crippen LogP contribution in [0.2, 0.25) is 0 Å². The monoisotopic (exact) mass is 296 g/mol. The highest BCUT2D eigenvalue weighted by Crippen LogP contribution is 2.32.